The van der Waals surface area contributed by atoms with Crippen LogP contribution in [0.2, 0.25) is 0 Å². The van der Waals surface area contributed by atoms with E-state index in [4.69, 9.17) is 0 Å². The van der Waals surface area contributed by atoms with E-state index in [0.29, 0.717) is 0 Å². The number of allylic oxidation sites excluding steroid dienone is 6. The summed E-state index contributed by atoms with van der Waals surface area (Å²) in [4.78, 5) is 0. The summed E-state index contributed by atoms with van der Waals surface area (Å²) in [5.74, 6) is 0. The Kier molecular flexibility index (Phi) is 7.78. The van der Waals surface area contributed by atoms with Crippen molar-refractivity contribution in [2.75, 3.05) is 0 Å². The Labute approximate surface area is 76.7 Å². The summed E-state index contributed by atoms with van der Waals surface area (Å²) < 4.78 is 0. The first-order valence-corrected chi connectivity index (χ1v) is 4.71. The second-order valence-corrected chi connectivity index (χ2v) is 3.00. The number of hydrogen-bond donors (Lipinski definition) is 0. The Hall–Kier alpha value is -0.780. The van der Waals surface area contributed by atoms with Crippen molar-refractivity contribution in [2.45, 2.75) is 40.0 Å². The predicted octanol–water partition coefficient (Wildman–Crippen LogP) is 4.26. The topological polar surface area (TPSA) is 0 Å². The van der Waals surface area contributed by atoms with E-state index in [1.54, 1.807) is 0 Å². The van der Waals surface area contributed by atoms with E-state index < -0.39 is 0 Å². The molecule has 0 heteroatoms. The van der Waals surface area contributed by atoms with Gasteiger partial charge >= 0.3 is 0 Å². The van der Waals surface area contributed by atoms with Crippen molar-refractivity contribution in [1.29, 1.82) is 0 Å². The molecule has 0 aromatic heterocycles. The van der Waals surface area contributed by atoms with Gasteiger partial charge in [-0.3, -0.25) is 0 Å². The molecular weight excluding hydrogens is 144 g/mol. The van der Waals surface area contributed by atoms with Crippen LogP contribution in [-0.4, -0.2) is 0 Å². The molecule has 0 aliphatic rings. The van der Waals surface area contributed by atoms with Crippen LogP contribution in [0.3, 0.4) is 0 Å². The van der Waals surface area contributed by atoms with Gasteiger partial charge in [0.05, 0.1) is 0 Å². The fourth-order valence-electron chi connectivity index (χ4n) is 1.01. The molecule has 0 aromatic carbocycles. The summed E-state index contributed by atoms with van der Waals surface area (Å²) in [5.41, 5.74) is 1.47. The highest BCUT2D eigenvalue weighted by Gasteiger charge is 1.86. The van der Waals surface area contributed by atoms with Gasteiger partial charge in [0.1, 0.15) is 0 Å². The van der Waals surface area contributed by atoms with E-state index in [2.05, 4.69) is 44.2 Å². The Balaban J connectivity index is 3.49. The lowest BCUT2D eigenvalue weighted by Gasteiger charge is -1.96. The largest absolute Gasteiger partial charge is 0.0917 e. The highest BCUT2D eigenvalue weighted by Crippen LogP contribution is 2.06. The molecule has 68 valence electrons. The maximum absolute atomic E-state index is 2.23. The lowest BCUT2D eigenvalue weighted by molar-refractivity contribution is 0.832. The van der Waals surface area contributed by atoms with Crippen LogP contribution in [0, 0.1) is 0 Å². The van der Waals surface area contributed by atoms with Crippen LogP contribution in [0.5, 0.6) is 0 Å². The SMILES string of the molecule is CC=CC=C(C)CCCC=CC. The molecule has 0 nitrogen and oxygen atoms in total. The summed E-state index contributed by atoms with van der Waals surface area (Å²) in [6.45, 7) is 6.31. The molecule has 0 atom stereocenters. The van der Waals surface area contributed by atoms with Crippen LogP contribution in [0.1, 0.15) is 40.0 Å². The molecule has 12 heavy (non-hydrogen) atoms. The van der Waals surface area contributed by atoms with Crippen LogP contribution >= 0.6 is 0 Å². The first-order chi connectivity index (χ1) is 5.81. The summed E-state index contributed by atoms with van der Waals surface area (Å²) >= 11 is 0. The van der Waals surface area contributed by atoms with E-state index in [9.17, 15) is 0 Å². The number of unbranched alkanes of at least 4 members (excludes halogenated alkanes) is 1. The van der Waals surface area contributed by atoms with Crippen molar-refractivity contribution in [2.24, 2.45) is 0 Å². The van der Waals surface area contributed by atoms with Gasteiger partial charge in [0.2, 0.25) is 0 Å². The second kappa shape index (κ2) is 8.32. The average Bonchev–Trinajstić information content (AvgIpc) is 2.09. The van der Waals surface area contributed by atoms with E-state index in [1.807, 2.05) is 6.92 Å². The molecule has 0 bridgehead atoms. The third kappa shape index (κ3) is 7.33. The van der Waals surface area contributed by atoms with Crippen LogP contribution in [-0.2, 0) is 0 Å². The highest BCUT2D eigenvalue weighted by molar-refractivity contribution is 5.09. The Bertz CT molecular complexity index is 170. The van der Waals surface area contributed by atoms with Crippen LogP contribution in [0.4, 0.5) is 0 Å². The molecule has 0 fully saturated rings. The smallest absolute Gasteiger partial charge is 0.0317 e. The van der Waals surface area contributed by atoms with Gasteiger partial charge in [-0.05, 0) is 40.0 Å². The Morgan fingerprint density at radius 3 is 2.50 bits per heavy atom. The minimum Gasteiger partial charge on any atom is -0.0917 e. The average molecular weight is 164 g/mol. The lowest BCUT2D eigenvalue weighted by Crippen LogP contribution is -1.76. The zero-order chi connectivity index (χ0) is 9.23. The summed E-state index contributed by atoms with van der Waals surface area (Å²) in [6.07, 6.45) is 14.4. The molecular formula is C12H20. The molecule has 0 spiro atoms. The van der Waals surface area contributed by atoms with Crippen molar-refractivity contribution in [3.05, 3.63) is 36.0 Å². The minimum atomic E-state index is 1.21. The summed E-state index contributed by atoms with van der Waals surface area (Å²) in [5, 5.41) is 0. The third-order valence-corrected chi connectivity index (χ3v) is 1.75. The van der Waals surface area contributed by atoms with Crippen molar-refractivity contribution in [3.63, 3.8) is 0 Å². The van der Waals surface area contributed by atoms with Crippen LogP contribution in [0.25, 0.3) is 0 Å². The van der Waals surface area contributed by atoms with Gasteiger partial charge in [-0.1, -0.05) is 36.0 Å². The maximum atomic E-state index is 2.23. The van der Waals surface area contributed by atoms with Gasteiger partial charge in [0.15, 0.2) is 0 Å². The van der Waals surface area contributed by atoms with Crippen molar-refractivity contribution < 1.29 is 0 Å². The molecule has 0 heterocycles. The van der Waals surface area contributed by atoms with E-state index in [-0.39, 0.29) is 0 Å². The molecule has 0 saturated carbocycles. The fraction of sp³-hybridized carbons (Fsp3) is 0.500. The first kappa shape index (κ1) is 11.2. The quantitative estimate of drug-likeness (QED) is 0.323. The first-order valence-electron chi connectivity index (χ1n) is 4.71. The predicted molar refractivity (Wildman–Crippen MR) is 57.2 cm³/mol. The molecule has 0 amide bonds. The van der Waals surface area contributed by atoms with Crippen molar-refractivity contribution >= 4 is 0 Å². The fourth-order valence-corrected chi connectivity index (χ4v) is 1.01. The van der Waals surface area contributed by atoms with Gasteiger partial charge in [0.25, 0.3) is 0 Å². The van der Waals surface area contributed by atoms with Crippen LogP contribution < -0.4 is 0 Å². The van der Waals surface area contributed by atoms with Gasteiger partial charge < -0.3 is 0 Å². The van der Waals surface area contributed by atoms with E-state index >= 15 is 0 Å². The van der Waals surface area contributed by atoms with Gasteiger partial charge in [0, 0.05) is 0 Å². The van der Waals surface area contributed by atoms with Crippen LogP contribution in [0.15, 0.2) is 36.0 Å². The van der Waals surface area contributed by atoms with Gasteiger partial charge in [-0.2, -0.15) is 0 Å². The molecule has 0 aromatic rings. The maximum Gasteiger partial charge on any atom is -0.0317 e. The number of rotatable bonds is 5. The zero-order valence-corrected chi connectivity index (χ0v) is 8.51. The third-order valence-electron chi connectivity index (χ3n) is 1.75. The highest BCUT2D eigenvalue weighted by atomic mass is 13.9. The Morgan fingerprint density at radius 1 is 1.17 bits per heavy atom. The van der Waals surface area contributed by atoms with Gasteiger partial charge in [-0.25, -0.2) is 0 Å². The van der Waals surface area contributed by atoms with Gasteiger partial charge in [-0.15, -0.1) is 0 Å². The summed E-state index contributed by atoms with van der Waals surface area (Å²) in [7, 11) is 0. The molecule has 0 aliphatic heterocycles. The molecule has 0 rings (SSSR count). The molecule has 0 N–H and O–H groups in total. The molecule has 0 radical (unpaired) electrons. The van der Waals surface area contributed by atoms with Crippen molar-refractivity contribution in [1.82, 2.24) is 0 Å². The monoisotopic (exact) mass is 164 g/mol. The summed E-state index contributed by atoms with van der Waals surface area (Å²) in [6, 6.07) is 0. The zero-order valence-electron chi connectivity index (χ0n) is 8.51. The van der Waals surface area contributed by atoms with E-state index in [1.165, 1.54) is 24.8 Å². The molecule has 0 saturated heterocycles. The van der Waals surface area contributed by atoms with Crippen molar-refractivity contribution in [3.8, 4) is 0 Å². The second-order valence-electron chi connectivity index (χ2n) is 3.00. The number of hydrogen-bond acceptors (Lipinski definition) is 0. The standard InChI is InChI=1S/C12H20/c1-4-6-8-9-11-12(3)10-7-5-2/h4-7,10H,8-9,11H2,1-3H3. The normalized spacial score (nSPS) is 13.4. The lowest BCUT2D eigenvalue weighted by atomic mass is 10.1. The Morgan fingerprint density at radius 2 is 1.92 bits per heavy atom. The molecule has 0 aliphatic carbocycles. The molecule has 0 unspecified atom stereocenters. The van der Waals surface area contributed by atoms with E-state index in [0.717, 1.165) is 0 Å². The minimum absolute atomic E-state index is 1.21.